The Morgan fingerprint density at radius 3 is 3.21 bits per heavy atom. The molecule has 0 spiro atoms. The molecule has 1 aliphatic heterocycles. The third-order valence-electron chi connectivity index (χ3n) is 2.23. The Balaban J connectivity index is 2.49. The first-order chi connectivity index (χ1) is 6.83. The predicted molar refractivity (Wildman–Crippen MR) is 49.1 cm³/mol. The monoisotopic (exact) mass is 191 g/mol. The summed E-state index contributed by atoms with van der Waals surface area (Å²) in [5.41, 5.74) is 0.750. The van der Waals surface area contributed by atoms with Crippen molar-refractivity contribution >= 4 is 6.08 Å². The number of phenols is 1. The predicted octanol–water partition coefficient (Wildman–Crippen LogP) is 1.55. The first-order valence-electron chi connectivity index (χ1n) is 4.34. The summed E-state index contributed by atoms with van der Waals surface area (Å²) in [7, 11) is 0. The summed E-state index contributed by atoms with van der Waals surface area (Å²) in [5.74, 6) is 0.524. The van der Waals surface area contributed by atoms with E-state index in [1.165, 1.54) is 6.08 Å². The van der Waals surface area contributed by atoms with Gasteiger partial charge in [0.05, 0.1) is 12.6 Å². The Labute approximate surface area is 80.8 Å². The van der Waals surface area contributed by atoms with Gasteiger partial charge in [-0.25, -0.2) is 4.79 Å². The van der Waals surface area contributed by atoms with Crippen LogP contribution in [-0.4, -0.2) is 17.8 Å². The first-order valence-corrected chi connectivity index (χ1v) is 4.34. The van der Waals surface area contributed by atoms with Crippen LogP contribution in [0.1, 0.15) is 18.0 Å². The average Bonchev–Trinajstić information content (AvgIpc) is 2.20. The second-order valence-electron chi connectivity index (χ2n) is 3.07. The molecule has 0 saturated heterocycles. The Kier molecular flexibility index (Phi) is 2.21. The molecule has 1 aromatic carbocycles. The molecule has 1 N–H and O–H groups in total. The Hall–Kier alpha value is -1.80. The van der Waals surface area contributed by atoms with Crippen LogP contribution in [0.25, 0.3) is 0 Å². The minimum Gasteiger partial charge on any atom is -0.504 e. The third kappa shape index (κ3) is 1.36. The SMILES string of the molecule is O=C=NC1CCOc2c(O)cccc21. The maximum atomic E-state index is 10.2. The summed E-state index contributed by atoms with van der Waals surface area (Å²) >= 11 is 0. The number of benzene rings is 1. The summed E-state index contributed by atoms with van der Waals surface area (Å²) in [4.78, 5) is 13.8. The fourth-order valence-corrected chi connectivity index (χ4v) is 1.59. The topological polar surface area (TPSA) is 58.9 Å². The molecule has 4 nitrogen and oxygen atoms in total. The summed E-state index contributed by atoms with van der Waals surface area (Å²) in [6.45, 7) is 0.459. The molecule has 2 rings (SSSR count). The lowest BCUT2D eigenvalue weighted by Crippen LogP contribution is -2.12. The number of isocyanates is 1. The van der Waals surface area contributed by atoms with Crippen LogP contribution in [0.3, 0.4) is 0 Å². The van der Waals surface area contributed by atoms with E-state index in [0.29, 0.717) is 18.8 Å². The van der Waals surface area contributed by atoms with Gasteiger partial charge < -0.3 is 9.84 Å². The van der Waals surface area contributed by atoms with Crippen LogP contribution < -0.4 is 4.74 Å². The van der Waals surface area contributed by atoms with Crippen LogP contribution >= 0.6 is 0 Å². The summed E-state index contributed by atoms with van der Waals surface area (Å²) in [5, 5.41) is 9.48. The highest BCUT2D eigenvalue weighted by Crippen LogP contribution is 2.39. The Bertz CT molecular complexity index is 396. The van der Waals surface area contributed by atoms with Gasteiger partial charge in [0.2, 0.25) is 6.08 Å². The molecule has 14 heavy (non-hydrogen) atoms. The van der Waals surface area contributed by atoms with E-state index in [1.54, 1.807) is 18.2 Å². The van der Waals surface area contributed by atoms with Crippen LogP contribution in [0.5, 0.6) is 11.5 Å². The van der Waals surface area contributed by atoms with Gasteiger partial charge in [0, 0.05) is 12.0 Å². The number of para-hydroxylation sites is 1. The number of phenolic OH excluding ortho intramolecular Hbond substituents is 1. The van der Waals surface area contributed by atoms with E-state index in [2.05, 4.69) is 4.99 Å². The molecule has 0 bridgehead atoms. The molecule has 0 aromatic heterocycles. The normalized spacial score (nSPS) is 19.0. The zero-order valence-electron chi connectivity index (χ0n) is 7.43. The average molecular weight is 191 g/mol. The second-order valence-corrected chi connectivity index (χ2v) is 3.07. The Morgan fingerprint density at radius 2 is 2.43 bits per heavy atom. The molecule has 0 radical (unpaired) electrons. The number of hydrogen-bond donors (Lipinski definition) is 1. The van der Waals surface area contributed by atoms with Crippen molar-refractivity contribution < 1.29 is 14.6 Å². The standard InChI is InChI=1S/C10H9NO3/c12-6-11-8-4-5-14-10-7(8)2-1-3-9(10)13/h1-3,8,13H,4-5H2. The van der Waals surface area contributed by atoms with E-state index in [0.717, 1.165) is 5.56 Å². The molecule has 1 aromatic rings. The number of rotatable bonds is 1. The lowest BCUT2D eigenvalue weighted by atomic mass is 10.0. The number of aromatic hydroxyl groups is 1. The van der Waals surface area contributed by atoms with E-state index in [1.807, 2.05) is 0 Å². The van der Waals surface area contributed by atoms with Gasteiger partial charge in [0.1, 0.15) is 0 Å². The summed E-state index contributed by atoms with van der Waals surface area (Å²) in [6, 6.07) is 4.81. The first kappa shape index (κ1) is 8.78. The van der Waals surface area contributed by atoms with Crippen molar-refractivity contribution in [2.45, 2.75) is 12.5 Å². The largest absolute Gasteiger partial charge is 0.504 e. The van der Waals surface area contributed by atoms with Crippen LogP contribution in [0, 0.1) is 0 Å². The highest BCUT2D eigenvalue weighted by atomic mass is 16.5. The van der Waals surface area contributed by atoms with E-state index in [-0.39, 0.29) is 11.8 Å². The van der Waals surface area contributed by atoms with E-state index in [4.69, 9.17) is 4.74 Å². The van der Waals surface area contributed by atoms with E-state index >= 15 is 0 Å². The highest BCUT2D eigenvalue weighted by Gasteiger charge is 2.22. The molecule has 1 unspecified atom stereocenters. The fraction of sp³-hybridized carbons (Fsp3) is 0.300. The van der Waals surface area contributed by atoms with Gasteiger partial charge in [-0.15, -0.1) is 0 Å². The fourth-order valence-electron chi connectivity index (χ4n) is 1.59. The molecular weight excluding hydrogens is 182 g/mol. The quantitative estimate of drug-likeness (QED) is 0.541. The highest BCUT2D eigenvalue weighted by molar-refractivity contribution is 5.49. The molecule has 72 valence electrons. The smallest absolute Gasteiger partial charge is 0.235 e. The number of ether oxygens (including phenoxy) is 1. The number of hydrogen-bond acceptors (Lipinski definition) is 4. The van der Waals surface area contributed by atoms with E-state index < -0.39 is 0 Å². The second kappa shape index (κ2) is 3.52. The number of aliphatic imine (C=N–C) groups is 1. The van der Waals surface area contributed by atoms with Crippen molar-refractivity contribution in [1.82, 2.24) is 0 Å². The van der Waals surface area contributed by atoms with Crippen molar-refractivity contribution in [3.05, 3.63) is 23.8 Å². The molecule has 0 aliphatic carbocycles. The summed E-state index contributed by atoms with van der Waals surface area (Å²) in [6.07, 6.45) is 2.18. The number of nitrogens with zero attached hydrogens (tertiary/aromatic N) is 1. The molecule has 1 aliphatic rings. The number of fused-ring (bicyclic) bond motifs is 1. The zero-order valence-corrected chi connectivity index (χ0v) is 7.43. The van der Waals surface area contributed by atoms with Crippen LogP contribution in [0.4, 0.5) is 0 Å². The van der Waals surface area contributed by atoms with Gasteiger partial charge in [-0.3, -0.25) is 0 Å². The molecule has 1 heterocycles. The minimum absolute atomic E-state index is 0.0910. The van der Waals surface area contributed by atoms with Gasteiger partial charge in [0.15, 0.2) is 11.5 Å². The Morgan fingerprint density at radius 1 is 1.57 bits per heavy atom. The maximum absolute atomic E-state index is 10.2. The van der Waals surface area contributed by atoms with Crippen LogP contribution in [0.15, 0.2) is 23.2 Å². The molecule has 4 heteroatoms. The van der Waals surface area contributed by atoms with Gasteiger partial charge in [-0.2, -0.15) is 4.99 Å². The molecule has 0 amide bonds. The van der Waals surface area contributed by atoms with Crippen molar-refractivity contribution in [2.24, 2.45) is 4.99 Å². The van der Waals surface area contributed by atoms with Crippen molar-refractivity contribution in [1.29, 1.82) is 0 Å². The van der Waals surface area contributed by atoms with E-state index in [9.17, 15) is 9.90 Å². The lowest BCUT2D eigenvalue weighted by Gasteiger charge is -2.22. The van der Waals surface area contributed by atoms with Crippen molar-refractivity contribution in [3.63, 3.8) is 0 Å². The van der Waals surface area contributed by atoms with Gasteiger partial charge in [0.25, 0.3) is 0 Å². The molecular formula is C10H9NO3. The van der Waals surface area contributed by atoms with Gasteiger partial charge in [-0.1, -0.05) is 12.1 Å². The maximum Gasteiger partial charge on any atom is 0.235 e. The van der Waals surface area contributed by atoms with Crippen molar-refractivity contribution in [2.75, 3.05) is 6.61 Å². The minimum atomic E-state index is -0.233. The van der Waals surface area contributed by atoms with Crippen molar-refractivity contribution in [3.8, 4) is 11.5 Å². The number of carbonyl (C=O) groups excluding carboxylic acids is 1. The van der Waals surface area contributed by atoms with Gasteiger partial charge in [-0.05, 0) is 6.07 Å². The zero-order chi connectivity index (χ0) is 9.97. The molecule has 0 fully saturated rings. The van der Waals surface area contributed by atoms with Gasteiger partial charge >= 0.3 is 0 Å². The van der Waals surface area contributed by atoms with Crippen LogP contribution in [0.2, 0.25) is 0 Å². The van der Waals surface area contributed by atoms with Crippen LogP contribution in [-0.2, 0) is 4.79 Å². The molecule has 1 atom stereocenters. The molecule has 0 saturated carbocycles. The third-order valence-corrected chi connectivity index (χ3v) is 2.23. The summed E-state index contributed by atoms with van der Waals surface area (Å²) < 4.78 is 5.29. The lowest BCUT2D eigenvalue weighted by molar-refractivity contribution is 0.256.